The molecule has 0 spiro atoms. The van der Waals surface area contributed by atoms with E-state index in [1.165, 1.54) is 0 Å². The minimum absolute atomic E-state index is 0.158. The summed E-state index contributed by atoms with van der Waals surface area (Å²) in [5, 5.41) is 2.23. The van der Waals surface area contributed by atoms with Crippen LogP contribution in [0.15, 0.2) is 104 Å². The monoisotopic (exact) mass is 438 g/mol. The van der Waals surface area contributed by atoms with Gasteiger partial charge >= 0.3 is 0 Å². The third kappa shape index (κ3) is 5.51. The molecule has 0 saturated heterocycles. The van der Waals surface area contributed by atoms with Crippen LogP contribution in [0, 0.1) is 0 Å². The Hall–Kier alpha value is -3.39. The second-order valence-electron chi connectivity index (χ2n) is 8.50. The maximum atomic E-state index is 15.9. The molecule has 0 radical (unpaired) electrons. The zero-order valence-corrected chi connectivity index (χ0v) is 19.2. The van der Waals surface area contributed by atoms with Gasteiger partial charge in [-0.25, -0.2) is 4.39 Å². The summed E-state index contributed by atoms with van der Waals surface area (Å²) in [4.78, 5) is 0. The summed E-state index contributed by atoms with van der Waals surface area (Å²) in [6.45, 7) is 6.33. The van der Waals surface area contributed by atoms with E-state index in [1.54, 1.807) is 6.08 Å². The fraction of sp³-hybridized carbons (Fsp3) is 0.226. The molecule has 2 heteroatoms. The smallest absolute Gasteiger partial charge is 0.132 e. The number of unbranched alkanes of at least 4 members (excludes halogenated alkanes) is 1. The van der Waals surface area contributed by atoms with Gasteiger partial charge in [0.25, 0.3) is 0 Å². The third-order valence-electron chi connectivity index (χ3n) is 6.21. The summed E-state index contributed by atoms with van der Waals surface area (Å²) in [5.41, 5.74) is 4.04. The Morgan fingerprint density at radius 1 is 0.818 bits per heavy atom. The van der Waals surface area contributed by atoms with Crippen molar-refractivity contribution in [2.75, 3.05) is 6.61 Å². The van der Waals surface area contributed by atoms with Crippen molar-refractivity contribution in [3.63, 3.8) is 0 Å². The summed E-state index contributed by atoms with van der Waals surface area (Å²) in [6, 6.07) is 30.5. The van der Waals surface area contributed by atoms with E-state index in [1.807, 2.05) is 42.5 Å². The van der Waals surface area contributed by atoms with Gasteiger partial charge in [0.2, 0.25) is 0 Å². The molecule has 33 heavy (non-hydrogen) atoms. The molecule has 4 aromatic rings. The molecular weight excluding hydrogens is 407 g/mol. The second-order valence-corrected chi connectivity index (χ2v) is 8.50. The van der Waals surface area contributed by atoms with Crippen LogP contribution in [0.4, 0.5) is 4.39 Å². The minimum atomic E-state index is -1.03. The Morgan fingerprint density at radius 3 is 2.12 bits per heavy atom. The van der Waals surface area contributed by atoms with E-state index in [0.29, 0.717) is 6.61 Å². The first-order chi connectivity index (χ1) is 16.2. The van der Waals surface area contributed by atoms with Crippen LogP contribution in [0.2, 0.25) is 0 Å². The molecule has 0 aliphatic rings. The van der Waals surface area contributed by atoms with Crippen molar-refractivity contribution in [1.29, 1.82) is 0 Å². The number of fused-ring (bicyclic) bond motifs is 1. The summed E-state index contributed by atoms with van der Waals surface area (Å²) >= 11 is 0. The number of benzene rings is 4. The Bertz CT molecular complexity index is 1180. The first-order valence-corrected chi connectivity index (χ1v) is 11.8. The van der Waals surface area contributed by atoms with E-state index in [9.17, 15) is 0 Å². The molecule has 0 heterocycles. The molecule has 1 nitrogen and oxygen atoms in total. The van der Waals surface area contributed by atoms with Gasteiger partial charge in [-0.2, -0.15) is 0 Å². The molecule has 168 valence electrons. The van der Waals surface area contributed by atoms with Gasteiger partial charge in [-0.1, -0.05) is 105 Å². The lowest BCUT2D eigenvalue weighted by Gasteiger charge is -2.23. The lowest BCUT2D eigenvalue weighted by atomic mass is 9.85. The molecular formula is C31H31FO. The summed E-state index contributed by atoms with van der Waals surface area (Å²) in [5.74, 6) is 0.667. The number of hydrogen-bond acceptors (Lipinski definition) is 1. The highest BCUT2D eigenvalue weighted by molar-refractivity contribution is 5.83. The molecule has 0 N–H and O–H groups in total. The van der Waals surface area contributed by atoms with Crippen molar-refractivity contribution >= 4 is 10.8 Å². The van der Waals surface area contributed by atoms with Crippen LogP contribution in [-0.4, -0.2) is 6.61 Å². The van der Waals surface area contributed by atoms with E-state index >= 15 is 4.39 Å². The normalized spacial score (nSPS) is 12.9. The van der Waals surface area contributed by atoms with Gasteiger partial charge in [-0.3, -0.25) is 0 Å². The van der Waals surface area contributed by atoms with Crippen molar-refractivity contribution in [2.24, 2.45) is 0 Å². The molecule has 2 unspecified atom stereocenters. The molecule has 0 saturated carbocycles. The maximum Gasteiger partial charge on any atom is 0.132 e. The predicted octanol–water partition coefficient (Wildman–Crippen LogP) is 9.06. The van der Waals surface area contributed by atoms with Crippen molar-refractivity contribution in [3.8, 4) is 16.9 Å². The first kappa shape index (κ1) is 22.8. The van der Waals surface area contributed by atoms with Crippen LogP contribution in [0.5, 0.6) is 5.75 Å². The standard InChI is InChI=1S/C31H31FO/c1-3-5-10-30(31(32)28-16-13-23-8-6-7-9-27(23)22-28)26-14-11-24(12-15-26)25-17-19-29(20-18-25)33-21-4-2/h4,6-9,11-20,22,30-31H,2-3,5,10,21H2,1H3. The fourth-order valence-corrected chi connectivity index (χ4v) is 4.34. The second kappa shape index (κ2) is 11.0. The maximum absolute atomic E-state index is 15.9. The van der Waals surface area contributed by atoms with Crippen LogP contribution in [0.25, 0.3) is 21.9 Å². The lowest BCUT2D eigenvalue weighted by Crippen LogP contribution is -2.08. The summed E-state index contributed by atoms with van der Waals surface area (Å²) < 4.78 is 21.5. The Balaban J connectivity index is 1.56. The van der Waals surface area contributed by atoms with Gasteiger partial charge in [-0.15, -0.1) is 0 Å². The Kier molecular flexibility index (Phi) is 7.57. The fourth-order valence-electron chi connectivity index (χ4n) is 4.34. The molecule has 4 aromatic carbocycles. The number of alkyl halides is 1. The highest BCUT2D eigenvalue weighted by Crippen LogP contribution is 2.39. The van der Waals surface area contributed by atoms with E-state index in [4.69, 9.17) is 4.74 Å². The van der Waals surface area contributed by atoms with Crippen molar-refractivity contribution in [3.05, 3.63) is 115 Å². The molecule has 0 aliphatic carbocycles. The van der Waals surface area contributed by atoms with Crippen LogP contribution < -0.4 is 4.74 Å². The largest absolute Gasteiger partial charge is 0.490 e. The summed E-state index contributed by atoms with van der Waals surface area (Å²) in [6.07, 6.45) is 3.59. The van der Waals surface area contributed by atoms with E-state index in [2.05, 4.69) is 62.0 Å². The van der Waals surface area contributed by atoms with E-state index < -0.39 is 6.17 Å². The average Bonchev–Trinajstić information content (AvgIpc) is 2.88. The van der Waals surface area contributed by atoms with Crippen LogP contribution in [-0.2, 0) is 0 Å². The van der Waals surface area contributed by atoms with Gasteiger partial charge < -0.3 is 4.74 Å². The number of hydrogen-bond donors (Lipinski definition) is 0. The average molecular weight is 439 g/mol. The first-order valence-electron chi connectivity index (χ1n) is 11.8. The molecule has 0 aromatic heterocycles. The van der Waals surface area contributed by atoms with Crippen LogP contribution in [0.3, 0.4) is 0 Å². The van der Waals surface area contributed by atoms with Crippen molar-refractivity contribution in [1.82, 2.24) is 0 Å². The van der Waals surface area contributed by atoms with Crippen molar-refractivity contribution < 1.29 is 9.13 Å². The minimum Gasteiger partial charge on any atom is -0.490 e. The van der Waals surface area contributed by atoms with Gasteiger partial charge in [-0.05, 0) is 57.6 Å². The molecule has 0 amide bonds. The van der Waals surface area contributed by atoms with Gasteiger partial charge in [0.05, 0.1) is 0 Å². The quantitative estimate of drug-likeness (QED) is 0.224. The highest BCUT2D eigenvalue weighted by Gasteiger charge is 2.24. The van der Waals surface area contributed by atoms with Crippen LogP contribution in [0.1, 0.15) is 49.4 Å². The molecule has 0 fully saturated rings. The molecule has 0 aliphatic heterocycles. The Morgan fingerprint density at radius 2 is 1.45 bits per heavy atom. The summed E-state index contributed by atoms with van der Waals surface area (Å²) in [7, 11) is 0. The van der Waals surface area contributed by atoms with Gasteiger partial charge in [0.1, 0.15) is 18.5 Å². The van der Waals surface area contributed by atoms with Crippen molar-refractivity contribution in [2.45, 2.75) is 38.3 Å². The predicted molar refractivity (Wildman–Crippen MR) is 138 cm³/mol. The van der Waals surface area contributed by atoms with Crippen LogP contribution >= 0.6 is 0 Å². The van der Waals surface area contributed by atoms with Gasteiger partial charge in [0.15, 0.2) is 0 Å². The molecule has 0 bridgehead atoms. The highest BCUT2D eigenvalue weighted by atomic mass is 19.1. The molecule has 4 rings (SSSR count). The van der Waals surface area contributed by atoms with E-state index in [0.717, 1.165) is 58.0 Å². The number of halogens is 1. The van der Waals surface area contributed by atoms with Gasteiger partial charge in [0, 0.05) is 5.92 Å². The third-order valence-corrected chi connectivity index (χ3v) is 6.21. The number of ether oxygens (including phenoxy) is 1. The number of rotatable bonds is 10. The zero-order valence-electron chi connectivity index (χ0n) is 19.2. The Labute approximate surface area is 196 Å². The SMILES string of the molecule is C=CCOc1ccc(-c2ccc(C(CCCC)C(F)c3ccc4ccccc4c3)cc2)cc1. The zero-order chi connectivity index (χ0) is 23.0. The molecule has 2 atom stereocenters. The van der Waals surface area contributed by atoms with E-state index in [-0.39, 0.29) is 5.92 Å². The topological polar surface area (TPSA) is 9.23 Å². The lowest BCUT2D eigenvalue weighted by molar-refractivity contribution is 0.274.